The minimum absolute atomic E-state index is 0.0546. The van der Waals surface area contributed by atoms with Gasteiger partial charge in [-0.25, -0.2) is 0 Å². The first-order chi connectivity index (χ1) is 15.8. The highest BCUT2D eigenvalue weighted by Gasteiger charge is 2.39. The van der Waals surface area contributed by atoms with Crippen LogP contribution < -0.4 is 15.2 Å². The summed E-state index contributed by atoms with van der Waals surface area (Å²) in [5, 5.41) is 9.95. The molecule has 1 aliphatic carbocycles. The molecule has 0 unspecified atom stereocenters. The van der Waals surface area contributed by atoms with Crippen LogP contribution in [0.25, 0.3) is 0 Å². The Morgan fingerprint density at radius 3 is 2.61 bits per heavy atom. The Bertz CT molecular complexity index is 1210. The first kappa shape index (κ1) is 23.4. The van der Waals surface area contributed by atoms with E-state index in [9.17, 15) is 10.1 Å². The zero-order chi connectivity index (χ0) is 23.7. The number of hydrogen-bond donors (Lipinski definition) is 1. The number of ketones is 1. The SMILES string of the molecule is COc1cc([C@H]2C(C#N)=C(N)N(C)C3=C2C(=O)CCC3)cc(Br)c1OCc1ccc(Br)cc1. The lowest BCUT2D eigenvalue weighted by molar-refractivity contribution is -0.116. The highest BCUT2D eigenvalue weighted by atomic mass is 79.9. The number of nitriles is 1. The summed E-state index contributed by atoms with van der Waals surface area (Å²) in [7, 11) is 3.38. The third kappa shape index (κ3) is 4.40. The van der Waals surface area contributed by atoms with Crippen LogP contribution in [0.1, 0.15) is 36.3 Å². The number of halogens is 2. The Balaban J connectivity index is 1.75. The third-order valence-electron chi connectivity index (χ3n) is 6.05. The largest absolute Gasteiger partial charge is 0.493 e. The van der Waals surface area contributed by atoms with E-state index in [2.05, 4.69) is 37.9 Å². The highest BCUT2D eigenvalue weighted by molar-refractivity contribution is 9.10. The first-order valence-corrected chi connectivity index (χ1v) is 12.1. The maximum Gasteiger partial charge on any atom is 0.175 e. The third-order valence-corrected chi connectivity index (χ3v) is 7.17. The van der Waals surface area contributed by atoms with Gasteiger partial charge in [0.15, 0.2) is 17.3 Å². The second-order valence-corrected chi connectivity index (χ2v) is 9.76. The molecule has 0 radical (unpaired) electrons. The summed E-state index contributed by atoms with van der Waals surface area (Å²) in [4.78, 5) is 14.8. The lowest BCUT2D eigenvalue weighted by atomic mass is 9.76. The van der Waals surface area contributed by atoms with Crippen LogP contribution in [0, 0.1) is 11.3 Å². The molecule has 2 N–H and O–H groups in total. The predicted molar refractivity (Wildman–Crippen MR) is 132 cm³/mol. The summed E-state index contributed by atoms with van der Waals surface area (Å²) in [6.07, 6.45) is 1.99. The van der Waals surface area contributed by atoms with Crippen LogP contribution in [-0.4, -0.2) is 24.8 Å². The van der Waals surface area contributed by atoms with Crippen LogP contribution in [0.4, 0.5) is 0 Å². The molecule has 1 heterocycles. The number of ether oxygens (including phenoxy) is 2. The summed E-state index contributed by atoms with van der Waals surface area (Å²) in [5.74, 6) is 0.953. The Hall–Kier alpha value is -2.76. The second-order valence-electron chi connectivity index (χ2n) is 7.99. The van der Waals surface area contributed by atoms with Gasteiger partial charge in [0.05, 0.1) is 29.1 Å². The molecule has 2 aromatic carbocycles. The standard InChI is InChI=1S/C25H23Br2N3O3/c1-30-19-4-3-5-20(31)23(19)22(17(12-28)25(30)29)15-10-18(27)24(21(11-15)32-2)33-13-14-6-8-16(26)9-7-14/h6-11,22H,3-5,13,29H2,1-2H3/t22-/m0/s1. The summed E-state index contributed by atoms with van der Waals surface area (Å²) in [6, 6.07) is 13.8. The Morgan fingerprint density at radius 2 is 1.94 bits per heavy atom. The van der Waals surface area contributed by atoms with E-state index in [1.165, 1.54) is 0 Å². The molecule has 6 nitrogen and oxygen atoms in total. The van der Waals surface area contributed by atoms with Gasteiger partial charge in [0, 0.05) is 29.2 Å². The molecule has 0 saturated carbocycles. The van der Waals surface area contributed by atoms with Gasteiger partial charge in [0.1, 0.15) is 12.4 Å². The van der Waals surface area contributed by atoms with Crippen molar-refractivity contribution in [1.82, 2.24) is 4.90 Å². The molecule has 4 rings (SSSR count). The molecule has 170 valence electrons. The maximum absolute atomic E-state index is 13.0. The monoisotopic (exact) mass is 571 g/mol. The van der Waals surface area contributed by atoms with Gasteiger partial charge in [0.25, 0.3) is 0 Å². The van der Waals surface area contributed by atoms with E-state index in [1.54, 1.807) is 12.0 Å². The van der Waals surface area contributed by atoms with Crippen molar-refractivity contribution in [2.24, 2.45) is 5.73 Å². The molecule has 0 aromatic heterocycles. The molecule has 2 aliphatic rings. The van der Waals surface area contributed by atoms with E-state index >= 15 is 0 Å². The summed E-state index contributed by atoms with van der Waals surface area (Å²) in [6.45, 7) is 0.361. The molecule has 0 spiro atoms. The second kappa shape index (κ2) is 9.62. The van der Waals surface area contributed by atoms with Crippen molar-refractivity contribution in [2.45, 2.75) is 31.8 Å². The van der Waals surface area contributed by atoms with Gasteiger partial charge < -0.3 is 20.1 Å². The van der Waals surface area contributed by atoms with Crippen molar-refractivity contribution in [1.29, 1.82) is 5.26 Å². The number of benzene rings is 2. The minimum Gasteiger partial charge on any atom is -0.493 e. The zero-order valence-electron chi connectivity index (χ0n) is 18.3. The average Bonchev–Trinajstić information content (AvgIpc) is 2.81. The molecule has 0 amide bonds. The summed E-state index contributed by atoms with van der Waals surface area (Å²) >= 11 is 7.04. The van der Waals surface area contributed by atoms with Gasteiger partial charge in [-0.3, -0.25) is 4.79 Å². The van der Waals surface area contributed by atoms with Crippen molar-refractivity contribution < 1.29 is 14.3 Å². The fourth-order valence-electron chi connectivity index (χ4n) is 4.38. The molecule has 1 aliphatic heterocycles. The molecule has 0 fully saturated rings. The zero-order valence-corrected chi connectivity index (χ0v) is 21.5. The Kier molecular flexibility index (Phi) is 6.82. The quantitative estimate of drug-likeness (QED) is 0.507. The molecule has 33 heavy (non-hydrogen) atoms. The van der Waals surface area contributed by atoms with E-state index in [1.807, 2.05) is 43.4 Å². The first-order valence-electron chi connectivity index (χ1n) is 10.5. The van der Waals surface area contributed by atoms with Gasteiger partial charge in [0.2, 0.25) is 0 Å². The number of nitrogens with zero attached hydrogens (tertiary/aromatic N) is 2. The molecule has 8 heteroatoms. The van der Waals surface area contributed by atoms with Crippen LogP contribution in [0.2, 0.25) is 0 Å². The van der Waals surface area contributed by atoms with Crippen molar-refractivity contribution in [3.63, 3.8) is 0 Å². The van der Waals surface area contributed by atoms with E-state index in [0.717, 1.165) is 34.1 Å². The van der Waals surface area contributed by atoms with Crippen molar-refractivity contribution in [3.05, 3.63) is 79.1 Å². The van der Waals surface area contributed by atoms with Crippen molar-refractivity contribution in [3.8, 4) is 17.6 Å². The highest BCUT2D eigenvalue weighted by Crippen LogP contribution is 2.47. The number of carbonyl (C=O) groups is 1. The molecular weight excluding hydrogens is 550 g/mol. The van der Waals surface area contributed by atoms with Crippen LogP contribution in [-0.2, 0) is 11.4 Å². The van der Waals surface area contributed by atoms with Gasteiger partial charge in [-0.1, -0.05) is 28.1 Å². The average molecular weight is 573 g/mol. The van der Waals surface area contributed by atoms with E-state index in [4.69, 9.17) is 15.2 Å². The fourth-order valence-corrected chi connectivity index (χ4v) is 5.22. The van der Waals surface area contributed by atoms with Crippen LogP contribution in [0.3, 0.4) is 0 Å². The lowest BCUT2D eigenvalue weighted by Crippen LogP contribution is -2.36. The number of methoxy groups -OCH3 is 1. The van der Waals surface area contributed by atoms with Gasteiger partial charge in [-0.05, 0) is 64.2 Å². The van der Waals surface area contributed by atoms with E-state index in [-0.39, 0.29) is 5.78 Å². The van der Waals surface area contributed by atoms with Gasteiger partial charge >= 0.3 is 0 Å². The topological polar surface area (TPSA) is 88.6 Å². The summed E-state index contributed by atoms with van der Waals surface area (Å²) in [5.41, 5.74) is 10.0. The minimum atomic E-state index is -0.542. The predicted octanol–water partition coefficient (Wildman–Crippen LogP) is 5.53. The number of carbonyl (C=O) groups excluding carboxylic acids is 1. The van der Waals surface area contributed by atoms with Gasteiger partial charge in [-0.15, -0.1) is 0 Å². The molecular formula is C25H23Br2N3O3. The van der Waals surface area contributed by atoms with Crippen LogP contribution >= 0.6 is 31.9 Å². The van der Waals surface area contributed by atoms with Crippen molar-refractivity contribution in [2.75, 3.05) is 14.2 Å². The van der Waals surface area contributed by atoms with Gasteiger partial charge in [-0.2, -0.15) is 5.26 Å². The molecule has 0 bridgehead atoms. The van der Waals surface area contributed by atoms with Crippen LogP contribution in [0.5, 0.6) is 11.5 Å². The Labute approximate surface area is 209 Å². The number of nitrogens with two attached hydrogens (primary N) is 1. The number of Topliss-reactive ketones (excluding diaryl/α,β-unsaturated/α-hetero) is 1. The van der Waals surface area contributed by atoms with Crippen molar-refractivity contribution >= 4 is 37.6 Å². The number of allylic oxidation sites excluding steroid dienone is 3. The molecule has 0 saturated heterocycles. The normalized spacial score (nSPS) is 18.2. The van der Waals surface area contributed by atoms with E-state index < -0.39 is 5.92 Å². The Morgan fingerprint density at radius 1 is 1.21 bits per heavy atom. The molecule has 1 atom stereocenters. The van der Waals surface area contributed by atoms with Crippen LogP contribution in [0.15, 0.2) is 68.0 Å². The summed E-state index contributed by atoms with van der Waals surface area (Å²) < 4.78 is 13.4. The maximum atomic E-state index is 13.0. The van der Waals surface area contributed by atoms with E-state index in [0.29, 0.717) is 46.0 Å². The number of rotatable bonds is 5. The number of hydrogen-bond acceptors (Lipinski definition) is 6. The molecule has 2 aromatic rings. The smallest absolute Gasteiger partial charge is 0.175 e. The fraction of sp³-hybridized carbons (Fsp3) is 0.280. The lowest BCUT2D eigenvalue weighted by Gasteiger charge is -2.37.